The molecular formula is C25H17ClN4S2. The molecule has 2 heterocycles. The second-order valence-electron chi connectivity index (χ2n) is 7.22. The number of thioether (sulfide) groups is 1. The minimum atomic E-state index is 0.100. The maximum Gasteiger partial charge on any atom is 0.148 e. The van der Waals surface area contributed by atoms with E-state index in [2.05, 4.69) is 48.3 Å². The molecule has 4 aromatic rings. The minimum absolute atomic E-state index is 0.100. The number of aromatic nitrogens is 2. The molecule has 0 bridgehead atoms. The average molecular weight is 473 g/mol. The van der Waals surface area contributed by atoms with Gasteiger partial charge in [0, 0.05) is 22.3 Å². The maximum absolute atomic E-state index is 9.93. The van der Waals surface area contributed by atoms with Gasteiger partial charge in [-0.15, -0.1) is 11.3 Å². The summed E-state index contributed by atoms with van der Waals surface area (Å²) in [6.45, 7) is 4.04. The molecule has 0 aliphatic rings. The lowest BCUT2D eigenvalue weighted by Gasteiger charge is -2.12. The minimum Gasteiger partial charge on any atom is -0.240 e. The Labute approximate surface area is 200 Å². The van der Waals surface area contributed by atoms with Crippen LogP contribution in [-0.2, 0) is 5.75 Å². The van der Waals surface area contributed by atoms with Gasteiger partial charge in [0.2, 0.25) is 0 Å². The third-order valence-electron chi connectivity index (χ3n) is 4.89. The Morgan fingerprint density at radius 3 is 2.06 bits per heavy atom. The van der Waals surface area contributed by atoms with Crippen molar-refractivity contribution < 1.29 is 0 Å². The number of nitriles is 2. The number of pyridine rings is 1. The van der Waals surface area contributed by atoms with E-state index in [0.717, 1.165) is 27.4 Å². The van der Waals surface area contributed by atoms with Gasteiger partial charge in [0.1, 0.15) is 27.3 Å². The number of hydrogen-bond donors (Lipinski definition) is 0. The smallest absolute Gasteiger partial charge is 0.148 e. The van der Waals surface area contributed by atoms with E-state index in [0.29, 0.717) is 21.9 Å². The SMILES string of the molecule is Cc1ccc(-c2nc(CSc3nc(Cl)c(C#N)c(-c4ccc(C)cc4)c3C#N)cs2)cc1. The maximum atomic E-state index is 9.93. The van der Waals surface area contributed by atoms with Gasteiger partial charge in [0.15, 0.2) is 0 Å². The second-order valence-corrected chi connectivity index (χ2v) is 9.40. The van der Waals surface area contributed by atoms with Gasteiger partial charge in [-0.25, -0.2) is 9.97 Å². The van der Waals surface area contributed by atoms with Crippen LogP contribution in [0.5, 0.6) is 0 Å². The monoisotopic (exact) mass is 472 g/mol. The van der Waals surface area contributed by atoms with E-state index in [-0.39, 0.29) is 10.7 Å². The van der Waals surface area contributed by atoms with Crippen LogP contribution in [0.3, 0.4) is 0 Å². The standard InChI is InChI=1S/C25H17ClN4S2/c1-15-3-7-17(8-4-15)22-20(11-27)23(26)30-25(21(22)12-28)32-14-19-13-31-24(29-19)18-9-5-16(2)6-10-18/h3-10,13H,14H2,1-2H3. The van der Waals surface area contributed by atoms with Crippen molar-refractivity contribution in [3.8, 4) is 33.8 Å². The van der Waals surface area contributed by atoms with Crippen LogP contribution in [0.25, 0.3) is 21.7 Å². The quantitative estimate of drug-likeness (QED) is 0.227. The fourth-order valence-corrected chi connectivity index (χ4v) is 5.28. The van der Waals surface area contributed by atoms with E-state index in [1.807, 2.05) is 36.6 Å². The lowest BCUT2D eigenvalue weighted by Crippen LogP contribution is -1.99. The molecular weight excluding hydrogens is 456 g/mol. The van der Waals surface area contributed by atoms with Crippen molar-refractivity contribution in [1.82, 2.24) is 9.97 Å². The van der Waals surface area contributed by atoms with Crippen LogP contribution in [0, 0.1) is 36.5 Å². The first kappa shape index (κ1) is 22.0. The van der Waals surface area contributed by atoms with E-state index >= 15 is 0 Å². The van der Waals surface area contributed by atoms with Gasteiger partial charge in [0.05, 0.1) is 16.8 Å². The third-order valence-corrected chi connectivity index (χ3v) is 7.11. The predicted molar refractivity (Wildman–Crippen MR) is 131 cm³/mol. The molecule has 0 fully saturated rings. The van der Waals surface area contributed by atoms with Crippen molar-refractivity contribution >= 4 is 34.7 Å². The number of benzene rings is 2. The van der Waals surface area contributed by atoms with Crippen LogP contribution >= 0.6 is 34.7 Å². The highest BCUT2D eigenvalue weighted by Gasteiger charge is 2.21. The first-order chi connectivity index (χ1) is 15.5. The summed E-state index contributed by atoms with van der Waals surface area (Å²) >= 11 is 9.34. The van der Waals surface area contributed by atoms with Crippen LogP contribution in [0.4, 0.5) is 0 Å². The number of rotatable bonds is 5. The van der Waals surface area contributed by atoms with Gasteiger partial charge < -0.3 is 0 Å². The first-order valence-electron chi connectivity index (χ1n) is 9.75. The van der Waals surface area contributed by atoms with Crippen LogP contribution in [0.2, 0.25) is 5.15 Å². The highest BCUT2D eigenvalue weighted by molar-refractivity contribution is 7.98. The molecule has 0 radical (unpaired) electrons. The zero-order valence-corrected chi connectivity index (χ0v) is 19.8. The van der Waals surface area contributed by atoms with Gasteiger partial charge in [-0.2, -0.15) is 10.5 Å². The van der Waals surface area contributed by atoms with Crippen molar-refractivity contribution in [2.75, 3.05) is 0 Å². The normalized spacial score (nSPS) is 10.5. The van der Waals surface area contributed by atoms with E-state index in [1.165, 1.54) is 17.3 Å². The molecule has 0 aliphatic heterocycles. The topological polar surface area (TPSA) is 73.4 Å². The van der Waals surface area contributed by atoms with Crippen LogP contribution in [0.1, 0.15) is 27.9 Å². The zero-order chi connectivity index (χ0) is 22.7. The highest BCUT2D eigenvalue weighted by atomic mass is 35.5. The molecule has 0 unspecified atom stereocenters. The summed E-state index contributed by atoms with van der Waals surface area (Å²) in [7, 11) is 0. The van der Waals surface area contributed by atoms with Crippen LogP contribution < -0.4 is 0 Å². The summed E-state index contributed by atoms with van der Waals surface area (Å²) in [4.78, 5) is 9.10. The predicted octanol–water partition coefficient (Wildman–Crippen LogP) is 7.18. The van der Waals surface area contributed by atoms with Crippen molar-refractivity contribution in [1.29, 1.82) is 10.5 Å². The molecule has 2 aromatic carbocycles. The molecule has 0 atom stereocenters. The van der Waals surface area contributed by atoms with Gasteiger partial charge in [-0.3, -0.25) is 0 Å². The lowest BCUT2D eigenvalue weighted by molar-refractivity contribution is 1.10. The van der Waals surface area contributed by atoms with E-state index in [4.69, 9.17) is 16.6 Å². The molecule has 0 saturated heterocycles. The van der Waals surface area contributed by atoms with Gasteiger partial charge in [-0.05, 0) is 19.4 Å². The zero-order valence-electron chi connectivity index (χ0n) is 17.4. The Kier molecular flexibility index (Phi) is 6.58. The molecule has 0 saturated carbocycles. The molecule has 0 amide bonds. The summed E-state index contributed by atoms with van der Waals surface area (Å²) in [5.41, 5.74) is 6.14. The molecule has 7 heteroatoms. The number of aryl methyl sites for hydroxylation is 2. The fraction of sp³-hybridized carbons (Fsp3) is 0.120. The molecule has 0 N–H and O–H groups in total. The highest BCUT2D eigenvalue weighted by Crippen LogP contribution is 2.37. The molecule has 156 valence electrons. The Bertz CT molecular complexity index is 1360. The van der Waals surface area contributed by atoms with Crippen LogP contribution in [-0.4, -0.2) is 9.97 Å². The number of thiazole rings is 1. The molecule has 32 heavy (non-hydrogen) atoms. The summed E-state index contributed by atoms with van der Waals surface area (Å²) in [5, 5.41) is 23.2. The average Bonchev–Trinajstić information content (AvgIpc) is 3.27. The van der Waals surface area contributed by atoms with Crippen molar-refractivity contribution in [2.24, 2.45) is 0 Å². The van der Waals surface area contributed by atoms with Crippen LogP contribution in [0.15, 0.2) is 58.9 Å². The number of hydrogen-bond acceptors (Lipinski definition) is 6. The van der Waals surface area contributed by atoms with Crippen molar-refractivity contribution in [3.05, 3.63) is 87.0 Å². The van der Waals surface area contributed by atoms with Crippen molar-refractivity contribution in [2.45, 2.75) is 24.6 Å². The van der Waals surface area contributed by atoms with E-state index in [9.17, 15) is 10.5 Å². The van der Waals surface area contributed by atoms with Gasteiger partial charge in [-0.1, -0.05) is 83.0 Å². The van der Waals surface area contributed by atoms with Gasteiger partial charge in [0.25, 0.3) is 0 Å². The lowest BCUT2D eigenvalue weighted by atomic mass is 9.97. The van der Waals surface area contributed by atoms with Crippen molar-refractivity contribution in [3.63, 3.8) is 0 Å². The van der Waals surface area contributed by atoms with E-state index < -0.39 is 0 Å². The Morgan fingerprint density at radius 2 is 1.47 bits per heavy atom. The fourth-order valence-electron chi connectivity index (χ4n) is 3.20. The molecule has 0 spiro atoms. The third kappa shape index (κ3) is 4.54. The summed E-state index contributed by atoms with van der Waals surface area (Å²) in [5.74, 6) is 0.541. The molecule has 4 nitrogen and oxygen atoms in total. The first-order valence-corrected chi connectivity index (χ1v) is 12.0. The largest absolute Gasteiger partial charge is 0.240 e. The second kappa shape index (κ2) is 9.54. The van der Waals surface area contributed by atoms with Gasteiger partial charge >= 0.3 is 0 Å². The summed E-state index contributed by atoms with van der Waals surface area (Å²) in [6.07, 6.45) is 0. The molecule has 2 aromatic heterocycles. The summed E-state index contributed by atoms with van der Waals surface area (Å²) in [6, 6.07) is 20.3. The summed E-state index contributed by atoms with van der Waals surface area (Å²) < 4.78 is 0. The van der Waals surface area contributed by atoms with E-state index in [1.54, 1.807) is 11.3 Å². The number of nitrogens with zero attached hydrogens (tertiary/aromatic N) is 4. The number of halogens is 1. The Morgan fingerprint density at radius 1 is 0.875 bits per heavy atom. The Balaban J connectivity index is 1.66. The molecule has 0 aliphatic carbocycles. The Hall–Kier alpha value is -3.16. The molecule has 4 rings (SSSR count).